The van der Waals surface area contributed by atoms with Gasteiger partial charge in [-0.15, -0.1) is 11.8 Å². The molecule has 2 N–H and O–H groups in total. The Kier molecular flexibility index (Phi) is 4.95. The van der Waals surface area contributed by atoms with E-state index < -0.39 is 0 Å². The van der Waals surface area contributed by atoms with E-state index in [4.69, 9.17) is 5.73 Å². The second-order valence-corrected chi connectivity index (χ2v) is 6.24. The fraction of sp³-hybridized carbons (Fsp3) is 0.600. The van der Waals surface area contributed by atoms with E-state index in [0.29, 0.717) is 12.6 Å². The predicted molar refractivity (Wildman–Crippen MR) is 81.4 cm³/mol. The Labute approximate surface area is 115 Å². The summed E-state index contributed by atoms with van der Waals surface area (Å²) in [6.45, 7) is 6.34. The van der Waals surface area contributed by atoms with Crippen LogP contribution in [0.3, 0.4) is 0 Å². The van der Waals surface area contributed by atoms with Crippen molar-refractivity contribution < 1.29 is 0 Å². The van der Waals surface area contributed by atoms with Gasteiger partial charge in [0, 0.05) is 35.3 Å². The first kappa shape index (κ1) is 13.8. The van der Waals surface area contributed by atoms with Crippen molar-refractivity contribution in [3.8, 4) is 0 Å². The van der Waals surface area contributed by atoms with Gasteiger partial charge in [0.1, 0.15) is 0 Å². The molecule has 1 aliphatic rings. The summed E-state index contributed by atoms with van der Waals surface area (Å²) in [5.74, 6) is 1.10. The molecule has 0 amide bonds. The van der Waals surface area contributed by atoms with Gasteiger partial charge in [-0.1, -0.05) is 13.0 Å². The highest BCUT2D eigenvalue weighted by Crippen LogP contribution is 2.33. The molecule has 0 radical (unpaired) electrons. The normalized spacial score (nSPS) is 20.2. The van der Waals surface area contributed by atoms with Crippen molar-refractivity contribution in [1.29, 1.82) is 0 Å². The van der Waals surface area contributed by atoms with Crippen LogP contribution in [-0.4, -0.2) is 18.3 Å². The minimum atomic E-state index is 0.641. The van der Waals surface area contributed by atoms with Crippen molar-refractivity contribution in [3.63, 3.8) is 0 Å². The molecule has 0 spiro atoms. The van der Waals surface area contributed by atoms with Gasteiger partial charge in [0.15, 0.2) is 0 Å². The summed E-state index contributed by atoms with van der Waals surface area (Å²) < 4.78 is 0. The van der Waals surface area contributed by atoms with Gasteiger partial charge in [-0.05, 0) is 44.1 Å². The van der Waals surface area contributed by atoms with E-state index in [2.05, 4.69) is 36.9 Å². The van der Waals surface area contributed by atoms with Gasteiger partial charge in [0.2, 0.25) is 0 Å². The second kappa shape index (κ2) is 6.48. The predicted octanol–water partition coefficient (Wildman–Crippen LogP) is 3.64. The van der Waals surface area contributed by atoms with Crippen molar-refractivity contribution >= 4 is 17.4 Å². The van der Waals surface area contributed by atoms with E-state index in [1.54, 1.807) is 0 Å². The molecular weight excluding hydrogens is 240 g/mol. The lowest BCUT2D eigenvalue weighted by Gasteiger charge is -2.37. The highest BCUT2D eigenvalue weighted by molar-refractivity contribution is 7.99. The standard InChI is InChI=1S/C15H24N2S/c1-3-18-15-9-6-8-14(13(15)11-16)17-10-5-4-7-12(17)2/h6,8-9,12H,3-5,7,10-11,16H2,1-2H3. The van der Waals surface area contributed by atoms with Crippen LogP contribution in [0.25, 0.3) is 0 Å². The topological polar surface area (TPSA) is 29.3 Å². The Hall–Kier alpha value is -0.670. The molecule has 1 heterocycles. The van der Waals surface area contributed by atoms with Crippen molar-refractivity contribution in [3.05, 3.63) is 23.8 Å². The molecule has 0 bridgehead atoms. The zero-order valence-electron chi connectivity index (χ0n) is 11.5. The average Bonchev–Trinajstić information content (AvgIpc) is 2.39. The summed E-state index contributed by atoms with van der Waals surface area (Å²) in [4.78, 5) is 3.90. The lowest BCUT2D eigenvalue weighted by Crippen LogP contribution is -2.38. The Bertz CT molecular complexity index is 392. The van der Waals surface area contributed by atoms with E-state index in [0.717, 1.165) is 5.75 Å². The first-order chi connectivity index (χ1) is 8.77. The fourth-order valence-corrected chi connectivity index (χ4v) is 3.62. The van der Waals surface area contributed by atoms with Gasteiger partial charge in [0.05, 0.1) is 0 Å². The number of piperidine rings is 1. The minimum Gasteiger partial charge on any atom is -0.369 e. The molecule has 1 atom stereocenters. The maximum atomic E-state index is 5.99. The Morgan fingerprint density at radius 3 is 2.89 bits per heavy atom. The molecule has 18 heavy (non-hydrogen) atoms. The molecule has 0 saturated carbocycles. The molecule has 1 aromatic rings. The molecule has 3 heteroatoms. The summed E-state index contributed by atoms with van der Waals surface area (Å²) in [6, 6.07) is 7.26. The number of hydrogen-bond acceptors (Lipinski definition) is 3. The first-order valence-electron chi connectivity index (χ1n) is 6.99. The molecule has 2 rings (SSSR count). The summed E-state index contributed by atoms with van der Waals surface area (Å²) in [7, 11) is 0. The molecule has 1 unspecified atom stereocenters. The quantitative estimate of drug-likeness (QED) is 0.842. The SMILES string of the molecule is CCSc1cccc(N2CCCCC2C)c1CN. The third-order valence-electron chi connectivity index (χ3n) is 3.72. The van der Waals surface area contributed by atoms with Gasteiger partial charge < -0.3 is 10.6 Å². The lowest BCUT2D eigenvalue weighted by atomic mass is 10.0. The third-order valence-corrected chi connectivity index (χ3v) is 4.71. The first-order valence-corrected chi connectivity index (χ1v) is 7.97. The molecule has 1 aromatic carbocycles. The van der Waals surface area contributed by atoms with E-state index in [1.807, 2.05) is 11.8 Å². The van der Waals surface area contributed by atoms with E-state index in [-0.39, 0.29) is 0 Å². The number of benzene rings is 1. The van der Waals surface area contributed by atoms with Crippen LogP contribution >= 0.6 is 11.8 Å². The maximum Gasteiger partial charge on any atom is 0.0425 e. The van der Waals surface area contributed by atoms with Gasteiger partial charge in [-0.2, -0.15) is 0 Å². The zero-order valence-corrected chi connectivity index (χ0v) is 12.3. The highest BCUT2D eigenvalue weighted by atomic mass is 32.2. The summed E-state index contributed by atoms with van der Waals surface area (Å²) in [6.07, 6.45) is 3.97. The molecule has 1 aliphatic heterocycles. The molecule has 0 aliphatic carbocycles. The highest BCUT2D eigenvalue weighted by Gasteiger charge is 2.21. The van der Waals surface area contributed by atoms with Gasteiger partial charge in [-0.25, -0.2) is 0 Å². The Morgan fingerprint density at radius 1 is 1.39 bits per heavy atom. The smallest absolute Gasteiger partial charge is 0.0425 e. The largest absolute Gasteiger partial charge is 0.369 e. The molecule has 2 nitrogen and oxygen atoms in total. The fourth-order valence-electron chi connectivity index (χ4n) is 2.78. The monoisotopic (exact) mass is 264 g/mol. The number of hydrogen-bond donors (Lipinski definition) is 1. The summed E-state index contributed by atoms with van der Waals surface area (Å²) in [5.41, 5.74) is 8.69. The average molecular weight is 264 g/mol. The van der Waals surface area contributed by atoms with Crippen LogP contribution < -0.4 is 10.6 Å². The minimum absolute atomic E-state index is 0.641. The van der Waals surface area contributed by atoms with E-state index in [1.165, 1.54) is 42.0 Å². The number of nitrogens with zero attached hydrogens (tertiary/aromatic N) is 1. The molecule has 100 valence electrons. The van der Waals surface area contributed by atoms with Crippen molar-refractivity contribution in [2.75, 3.05) is 17.2 Å². The number of nitrogens with two attached hydrogens (primary N) is 1. The zero-order chi connectivity index (χ0) is 13.0. The van der Waals surface area contributed by atoms with Crippen LogP contribution in [0.15, 0.2) is 23.1 Å². The molecular formula is C15H24N2S. The molecule has 1 fully saturated rings. The van der Waals surface area contributed by atoms with Crippen molar-refractivity contribution in [1.82, 2.24) is 0 Å². The van der Waals surface area contributed by atoms with Crippen LogP contribution in [-0.2, 0) is 6.54 Å². The number of anilines is 1. The van der Waals surface area contributed by atoms with Crippen LogP contribution in [0.5, 0.6) is 0 Å². The third kappa shape index (κ3) is 2.83. The molecule has 1 saturated heterocycles. The lowest BCUT2D eigenvalue weighted by molar-refractivity contribution is 0.483. The number of thioether (sulfide) groups is 1. The van der Waals surface area contributed by atoms with Crippen LogP contribution in [0, 0.1) is 0 Å². The van der Waals surface area contributed by atoms with Crippen LogP contribution in [0.1, 0.15) is 38.7 Å². The molecule has 0 aromatic heterocycles. The van der Waals surface area contributed by atoms with Crippen molar-refractivity contribution in [2.45, 2.75) is 50.6 Å². The Balaban J connectivity index is 2.33. The van der Waals surface area contributed by atoms with E-state index >= 15 is 0 Å². The van der Waals surface area contributed by atoms with Crippen molar-refractivity contribution in [2.24, 2.45) is 5.73 Å². The summed E-state index contributed by atoms with van der Waals surface area (Å²) in [5, 5.41) is 0. The summed E-state index contributed by atoms with van der Waals surface area (Å²) >= 11 is 1.90. The second-order valence-electron chi connectivity index (χ2n) is 4.93. The van der Waals surface area contributed by atoms with Gasteiger partial charge >= 0.3 is 0 Å². The maximum absolute atomic E-state index is 5.99. The van der Waals surface area contributed by atoms with Gasteiger partial charge in [-0.3, -0.25) is 0 Å². The van der Waals surface area contributed by atoms with Crippen LogP contribution in [0.2, 0.25) is 0 Å². The van der Waals surface area contributed by atoms with E-state index in [9.17, 15) is 0 Å². The number of rotatable bonds is 4. The Morgan fingerprint density at radius 2 is 2.22 bits per heavy atom. The van der Waals surface area contributed by atoms with Gasteiger partial charge in [0.25, 0.3) is 0 Å². The van der Waals surface area contributed by atoms with Crippen LogP contribution in [0.4, 0.5) is 5.69 Å².